The number of carbonyl (C=O) groups is 1. The second kappa shape index (κ2) is 8.62. The molecule has 0 saturated carbocycles. The zero-order valence-corrected chi connectivity index (χ0v) is 13.9. The zero-order valence-electron chi connectivity index (χ0n) is 13.9. The van der Waals surface area contributed by atoms with Crippen LogP contribution in [-0.4, -0.2) is 55.1 Å². The van der Waals surface area contributed by atoms with Gasteiger partial charge in [0.25, 0.3) is 0 Å². The number of piperidine rings is 2. The molecule has 0 bridgehead atoms. The summed E-state index contributed by atoms with van der Waals surface area (Å²) in [6.45, 7) is 11.0. The van der Waals surface area contributed by atoms with Gasteiger partial charge in [0.15, 0.2) is 0 Å². The molecule has 2 aliphatic heterocycles. The first-order valence-corrected chi connectivity index (χ1v) is 8.90. The van der Waals surface area contributed by atoms with Gasteiger partial charge in [0.2, 0.25) is 0 Å². The van der Waals surface area contributed by atoms with Gasteiger partial charge in [0, 0.05) is 19.6 Å². The van der Waals surface area contributed by atoms with Gasteiger partial charge in [-0.1, -0.05) is 13.8 Å². The van der Waals surface area contributed by atoms with Crippen molar-refractivity contribution in [1.82, 2.24) is 15.1 Å². The van der Waals surface area contributed by atoms with E-state index in [1.807, 2.05) is 4.90 Å². The van der Waals surface area contributed by atoms with E-state index in [0.717, 1.165) is 38.4 Å². The quantitative estimate of drug-likeness (QED) is 0.792. The number of carbonyl (C=O) groups excluding carboxylic acids is 1. The van der Waals surface area contributed by atoms with E-state index in [9.17, 15) is 4.79 Å². The molecule has 1 unspecified atom stereocenters. The van der Waals surface area contributed by atoms with Crippen molar-refractivity contribution in [2.75, 3.05) is 39.3 Å². The minimum Gasteiger partial charge on any atom is -0.338 e. The van der Waals surface area contributed by atoms with Gasteiger partial charge in [-0.15, -0.1) is 0 Å². The molecule has 0 aromatic heterocycles. The third kappa shape index (κ3) is 5.85. The van der Waals surface area contributed by atoms with Crippen molar-refractivity contribution >= 4 is 6.03 Å². The molecule has 4 nitrogen and oxygen atoms in total. The summed E-state index contributed by atoms with van der Waals surface area (Å²) >= 11 is 0. The second-order valence-corrected chi connectivity index (χ2v) is 7.16. The molecule has 2 amide bonds. The van der Waals surface area contributed by atoms with Crippen LogP contribution in [0.5, 0.6) is 0 Å². The Kier molecular flexibility index (Phi) is 6.81. The minimum atomic E-state index is 0.147. The fourth-order valence-corrected chi connectivity index (χ4v) is 3.43. The molecule has 1 N–H and O–H groups in total. The van der Waals surface area contributed by atoms with Crippen molar-refractivity contribution in [3.8, 4) is 0 Å². The Bertz CT molecular complexity index is 313. The Morgan fingerprint density at radius 2 is 1.81 bits per heavy atom. The second-order valence-electron chi connectivity index (χ2n) is 7.16. The molecule has 2 heterocycles. The first-order chi connectivity index (χ1) is 10.1. The molecule has 122 valence electrons. The lowest BCUT2D eigenvalue weighted by atomic mass is 9.99. The van der Waals surface area contributed by atoms with Crippen molar-refractivity contribution in [3.63, 3.8) is 0 Å². The Hall–Kier alpha value is -0.770. The van der Waals surface area contributed by atoms with Gasteiger partial charge in [0.05, 0.1) is 0 Å². The fourth-order valence-electron chi connectivity index (χ4n) is 3.43. The van der Waals surface area contributed by atoms with E-state index in [2.05, 4.69) is 24.1 Å². The highest BCUT2D eigenvalue weighted by Gasteiger charge is 2.20. The highest BCUT2D eigenvalue weighted by atomic mass is 16.2. The number of hydrogen-bond donors (Lipinski definition) is 1. The number of hydrogen-bond acceptors (Lipinski definition) is 2. The van der Waals surface area contributed by atoms with Crippen molar-refractivity contribution in [3.05, 3.63) is 0 Å². The molecular formula is C17H33N3O. The van der Waals surface area contributed by atoms with Gasteiger partial charge >= 0.3 is 6.03 Å². The normalized spacial score (nSPS) is 25.0. The van der Waals surface area contributed by atoms with Gasteiger partial charge in [0.1, 0.15) is 0 Å². The summed E-state index contributed by atoms with van der Waals surface area (Å²) in [4.78, 5) is 16.6. The molecule has 2 rings (SSSR count). The predicted octanol–water partition coefficient (Wildman–Crippen LogP) is 2.94. The summed E-state index contributed by atoms with van der Waals surface area (Å²) in [6.07, 6.45) is 7.42. The molecular weight excluding hydrogens is 262 g/mol. The maximum Gasteiger partial charge on any atom is 0.317 e. The van der Waals surface area contributed by atoms with E-state index in [1.54, 1.807) is 0 Å². The van der Waals surface area contributed by atoms with E-state index in [4.69, 9.17) is 0 Å². The van der Waals surface area contributed by atoms with Crippen molar-refractivity contribution in [2.45, 2.75) is 52.4 Å². The summed E-state index contributed by atoms with van der Waals surface area (Å²) < 4.78 is 0. The number of unbranched alkanes of at least 4 members (excludes halogenated alkanes) is 1. The summed E-state index contributed by atoms with van der Waals surface area (Å²) in [7, 11) is 0. The van der Waals surface area contributed by atoms with Crippen molar-refractivity contribution < 1.29 is 4.79 Å². The molecule has 21 heavy (non-hydrogen) atoms. The summed E-state index contributed by atoms with van der Waals surface area (Å²) in [5.41, 5.74) is 0. The van der Waals surface area contributed by atoms with E-state index in [1.165, 1.54) is 45.3 Å². The Labute approximate surface area is 130 Å². The van der Waals surface area contributed by atoms with Crippen LogP contribution < -0.4 is 5.32 Å². The van der Waals surface area contributed by atoms with E-state index >= 15 is 0 Å². The number of urea groups is 1. The lowest BCUT2D eigenvalue weighted by Gasteiger charge is -2.31. The van der Waals surface area contributed by atoms with Crippen LogP contribution in [-0.2, 0) is 0 Å². The third-order valence-corrected chi connectivity index (χ3v) is 5.00. The molecule has 0 aliphatic carbocycles. The van der Waals surface area contributed by atoms with Crippen LogP contribution in [0.2, 0.25) is 0 Å². The van der Waals surface area contributed by atoms with Crippen LogP contribution in [0.25, 0.3) is 0 Å². The highest BCUT2D eigenvalue weighted by Crippen LogP contribution is 2.16. The average Bonchev–Trinajstić information content (AvgIpc) is 2.48. The smallest absolute Gasteiger partial charge is 0.317 e. The lowest BCUT2D eigenvalue weighted by molar-refractivity contribution is 0.168. The molecule has 2 fully saturated rings. The first kappa shape index (κ1) is 16.6. The van der Waals surface area contributed by atoms with Crippen LogP contribution >= 0.6 is 0 Å². The van der Waals surface area contributed by atoms with Crippen LogP contribution in [0, 0.1) is 11.8 Å². The molecule has 1 atom stereocenters. The standard InChI is InChI=1S/C17H33N3O/c1-15-7-12-19(13-8-15)10-4-3-9-18-17(21)20-11-5-6-16(2)14-20/h15-16H,3-14H2,1-2H3,(H,18,21). The topological polar surface area (TPSA) is 35.6 Å². The molecule has 0 radical (unpaired) electrons. The number of amides is 2. The number of rotatable bonds is 5. The fraction of sp³-hybridized carbons (Fsp3) is 0.941. The molecule has 0 aromatic carbocycles. The lowest BCUT2D eigenvalue weighted by Crippen LogP contribution is -2.45. The van der Waals surface area contributed by atoms with Gasteiger partial charge in [-0.3, -0.25) is 0 Å². The number of nitrogens with one attached hydrogen (secondary N) is 1. The third-order valence-electron chi connectivity index (χ3n) is 5.00. The van der Waals surface area contributed by atoms with Gasteiger partial charge in [-0.05, 0) is 70.0 Å². The number of nitrogens with zero attached hydrogens (tertiary/aromatic N) is 2. The predicted molar refractivity (Wildman–Crippen MR) is 87.4 cm³/mol. The van der Waals surface area contributed by atoms with Crippen LogP contribution in [0.15, 0.2) is 0 Å². The summed E-state index contributed by atoms with van der Waals surface area (Å²) in [6, 6.07) is 0.147. The molecule has 2 saturated heterocycles. The maximum atomic E-state index is 12.0. The van der Waals surface area contributed by atoms with Crippen LogP contribution in [0.1, 0.15) is 52.4 Å². The van der Waals surface area contributed by atoms with E-state index in [-0.39, 0.29) is 6.03 Å². The monoisotopic (exact) mass is 295 g/mol. The largest absolute Gasteiger partial charge is 0.338 e. The highest BCUT2D eigenvalue weighted by molar-refractivity contribution is 5.74. The van der Waals surface area contributed by atoms with Gasteiger partial charge in [-0.25, -0.2) is 4.79 Å². The van der Waals surface area contributed by atoms with Crippen molar-refractivity contribution in [2.24, 2.45) is 11.8 Å². The maximum absolute atomic E-state index is 12.0. The first-order valence-electron chi connectivity index (χ1n) is 8.90. The number of likely N-dealkylation sites (tertiary alicyclic amines) is 2. The van der Waals surface area contributed by atoms with E-state index in [0.29, 0.717) is 5.92 Å². The SMILES string of the molecule is CC1CCN(CCCCNC(=O)N2CCCC(C)C2)CC1. The molecule has 0 aromatic rings. The molecule has 2 aliphatic rings. The van der Waals surface area contributed by atoms with Crippen LogP contribution in [0.4, 0.5) is 4.79 Å². The van der Waals surface area contributed by atoms with Crippen LogP contribution in [0.3, 0.4) is 0 Å². The summed E-state index contributed by atoms with van der Waals surface area (Å²) in [5, 5.41) is 3.09. The Balaban J connectivity index is 1.50. The van der Waals surface area contributed by atoms with Crippen molar-refractivity contribution in [1.29, 1.82) is 0 Å². The Morgan fingerprint density at radius 3 is 2.52 bits per heavy atom. The average molecular weight is 295 g/mol. The Morgan fingerprint density at radius 1 is 1.05 bits per heavy atom. The van der Waals surface area contributed by atoms with Gasteiger partial charge < -0.3 is 15.1 Å². The van der Waals surface area contributed by atoms with E-state index < -0.39 is 0 Å². The van der Waals surface area contributed by atoms with Gasteiger partial charge in [-0.2, -0.15) is 0 Å². The molecule has 0 spiro atoms. The summed E-state index contributed by atoms with van der Waals surface area (Å²) in [5.74, 6) is 1.57. The zero-order chi connectivity index (χ0) is 15.1. The molecule has 4 heteroatoms. The minimum absolute atomic E-state index is 0.147.